The maximum Gasteiger partial charge on any atom is 0.320 e. The molecule has 0 aliphatic heterocycles. The summed E-state index contributed by atoms with van der Waals surface area (Å²) in [6.07, 6.45) is 3.25. The summed E-state index contributed by atoms with van der Waals surface area (Å²) in [5.41, 5.74) is 0. The number of hydrogen-bond donors (Lipinski definition) is 2. The zero-order valence-corrected chi connectivity index (χ0v) is 7.23. The van der Waals surface area contributed by atoms with E-state index in [-0.39, 0.29) is 6.03 Å². The van der Waals surface area contributed by atoms with Gasteiger partial charge in [0.2, 0.25) is 0 Å². The fourth-order valence-corrected chi connectivity index (χ4v) is 1.10. The number of rotatable bonds is 3. The molecule has 0 fully saturated rings. The molecule has 0 radical (unpaired) electrons. The first-order valence-electron chi connectivity index (χ1n) is 3.39. The van der Waals surface area contributed by atoms with Crippen LogP contribution in [0.25, 0.3) is 0 Å². The average Bonchev–Trinajstić information content (AvgIpc) is 2.53. The van der Waals surface area contributed by atoms with Gasteiger partial charge in [0.1, 0.15) is 5.00 Å². The van der Waals surface area contributed by atoms with Gasteiger partial charge in [0.15, 0.2) is 0 Å². The lowest BCUT2D eigenvalue weighted by molar-refractivity contribution is 0.253. The minimum atomic E-state index is -0.237. The Morgan fingerprint density at radius 3 is 3.25 bits per heavy atom. The Balaban J connectivity index is 2.32. The summed E-state index contributed by atoms with van der Waals surface area (Å²) in [7, 11) is 0. The van der Waals surface area contributed by atoms with Crippen LogP contribution in [0, 0.1) is 0 Å². The number of carbonyl (C=O) groups is 1. The molecule has 1 rings (SSSR count). The maximum absolute atomic E-state index is 11.0. The molecule has 0 atom stereocenters. The first-order valence-corrected chi connectivity index (χ1v) is 4.16. The van der Waals surface area contributed by atoms with E-state index in [9.17, 15) is 4.79 Å². The lowest BCUT2D eigenvalue weighted by Gasteiger charge is -2.01. The topological polar surface area (TPSA) is 54.0 Å². The van der Waals surface area contributed by atoms with Gasteiger partial charge in [-0.3, -0.25) is 5.32 Å². The fourth-order valence-electron chi connectivity index (χ4n) is 0.601. The minimum Gasteiger partial charge on any atom is -0.334 e. The molecule has 0 saturated carbocycles. The SMILES string of the molecule is C=CCNC(=O)Nc1ccns1. The molecule has 0 spiro atoms. The Morgan fingerprint density at radius 1 is 1.83 bits per heavy atom. The van der Waals surface area contributed by atoms with Gasteiger partial charge in [0.05, 0.1) is 0 Å². The van der Waals surface area contributed by atoms with Crippen molar-refractivity contribution in [3.8, 4) is 0 Å². The molecule has 0 bridgehead atoms. The van der Waals surface area contributed by atoms with Gasteiger partial charge in [0.25, 0.3) is 0 Å². The van der Waals surface area contributed by atoms with Crippen molar-refractivity contribution in [2.75, 3.05) is 11.9 Å². The van der Waals surface area contributed by atoms with Gasteiger partial charge >= 0.3 is 6.03 Å². The summed E-state index contributed by atoms with van der Waals surface area (Å²) >= 11 is 1.24. The molecular formula is C7H9N3OS. The van der Waals surface area contributed by atoms with Crippen LogP contribution in [-0.4, -0.2) is 16.9 Å². The van der Waals surface area contributed by atoms with E-state index >= 15 is 0 Å². The van der Waals surface area contributed by atoms with Crippen molar-refractivity contribution in [1.82, 2.24) is 9.69 Å². The van der Waals surface area contributed by atoms with Gasteiger partial charge in [-0.2, -0.15) is 4.37 Å². The highest BCUT2D eigenvalue weighted by Gasteiger charge is 1.99. The summed E-state index contributed by atoms with van der Waals surface area (Å²) in [6, 6.07) is 1.50. The number of aromatic nitrogens is 1. The number of nitrogens with zero attached hydrogens (tertiary/aromatic N) is 1. The summed E-state index contributed by atoms with van der Waals surface area (Å²) in [4.78, 5) is 11.0. The molecule has 0 aliphatic rings. The number of urea groups is 1. The van der Waals surface area contributed by atoms with Crippen molar-refractivity contribution in [1.29, 1.82) is 0 Å². The van der Waals surface area contributed by atoms with Crippen molar-refractivity contribution < 1.29 is 4.79 Å². The number of hydrogen-bond acceptors (Lipinski definition) is 3. The van der Waals surface area contributed by atoms with Crippen LogP contribution in [-0.2, 0) is 0 Å². The maximum atomic E-state index is 11.0. The average molecular weight is 183 g/mol. The Hall–Kier alpha value is -1.36. The number of nitrogens with one attached hydrogen (secondary N) is 2. The van der Waals surface area contributed by atoms with Gasteiger partial charge < -0.3 is 5.32 Å². The van der Waals surface area contributed by atoms with Crippen LogP contribution in [0.4, 0.5) is 9.80 Å². The quantitative estimate of drug-likeness (QED) is 0.697. The summed E-state index contributed by atoms with van der Waals surface area (Å²) < 4.78 is 3.83. The van der Waals surface area contributed by atoms with E-state index < -0.39 is 0 Å². The molecule has 1 aromatic heterocycles. The van der Waals surface area contributed by atoms with Crippen LogP contribution in [0.3, 0.4) is 0 Å². The van der Waals surface area contributed by atoms with E-state index in [1.807, 2.05) is 0 Å². The van der Waals surface area contributed by atoms with E-state index in [0.717, 1.165) is 5.00 Å². The first kappa shape index (κ1) is 8.73. The van der Waals surface area contributed by atoms with Crippen molar-refractivity contribution in [2.45, 2.75) is 0 Å². The molecule has 1 heterocycles. The largest absolute Gasteiger partial charge is 0.334 e. The molecule has 4 nitrogen and oxygen atoms in total. The third-order valence-corrected chi connectivity index (χ3v) is 1.74. The van der Waals surface area contributed by atoms with Crippen LogP contribution >= 0.6 is 11.5 Å². The lowest BCUT2D eigenvalue weighted by Crippen LogP contribution is -2.28. The van der Waals surface area contributed by atoms with Crippen molar-refractivity contribution in [3.63, 3.8) is 0 Å². The van der Waals surface area contributed by atoms with Gasteiger partial charge in [-0.25, -0.2) is 4.79 Å². The van der Waals surface area contributed by atoms with E-state index in [1.54, 1.807) is 18.3 Å². The van der Waals surface area contributed by atoms with E-state index in [0.29, 0.717) is 6.54 Å². The second kappa shape index (κ2) is 4.50. The molecule has 5 heteroatoms. The molecule has 64 valence electrons. The third-order valence-electron chi connectivity index (χ3n) is 1.08. The van der Waals surface area contributed by atoms with E-state index in [2.05, 4.69) is 21.6 Å². The minimum absolute atomic E-state index is 0.237. The molecule has 0 aromatic carbocycles. The highest BCUT2D eigenvalue weighted by atomic mass is 32.1. The van der Waals surface area contributed by atoms with Crippen LogP contribution in [0.1, 0.15) is 0 Å². The zero-order chi connectivity index (χ0) is 8.81. The molecule has 2 N–H and O–H groups in total. The van der Waals surface area contributed by atoms with E-state index in [4.69, 9.17) is 0 Å². The second-order valence-electron chi connectivity index (χ2n) is 2.00. The standard InChI is InChI=1S/C7H9N3OS/c1-2-4-8-7(11)10-6-3-5-9-12-6/h2-3,5H,1,4H2,(H2,8,10,11). The highest BCUT2D eigenvalue weighted by molar-refractivity contribution is 7.10. The summed E-state index contributed by atoms with van der Waals surface area (Å²) in [5.74, 6) is 0. The van der Waals surface area contributed by atoms with Gasteiger partial charge in [0, 0.05) is 12.7 Å². The van der Waals surface area contributed by atoms with E-state index in [1.165, 1.54) is 11.5 Å². The molecule has 1 aromatic rings. The Labute approximate surface area is 74.5 Å². The predicted molar refractivity (Wildman–Crippen MR) is 49.3 cm³/mol. The first-order chi connectivity index (χ1) is 5.83. The Bertz CT molecular complexity index is 258. The van der Waals surface area contributed by atoms with Crippen molar-refractivity contribution in [2.24, 2.45) is 0 Å². The second-order valence-corrected chi connectivity index (χ2v) is 2.83. The molecular weight excluding hydrogens is 174 g/mol. The molecule has 12 heavy (non-hydrogen) atoms. The molecule has 0 saturated heterocycles. The van der Waals surface area contributed by atoms with Crippen LogP contribution in [0.15, 0.2) is 24.9 Å². The summed E-state index contributed by atoms with van der Waals surface area (Å²) in [6.45, 7) is 3.94. The number of carbonyl (C=O) groups excluding carboxylic acids is 1. The van der Waals surface area contributed by atoms with Crippen LogP contribution in [0.2, 0.25) is 0 Å². The summed E-state index contributed by atoms with van der Waals surface area (Å²) in [5, 5.41) is 5.93. The molecule has 2 amide bonds. The highest BCUT2D eigenvalue weighted by Crippen LogP contribution is 2.10. The number of amides is 2. The zero-order valence-electron chi connectivity index (χ0n) is 6.41. The normalized spacial score (nSPS) is 9.00. The van der Waals surface area contributed by atoms with Gasteiger partial charge in [-0.15, -0.1) is 6.58 Å². The monoisotopic (exact) mass is 183 g/mol. The third kappa shape index (κ3) is 2.71. The number of anilines is 1. The van der Waals surface area contributed by atoms with Gasteiger partial charge in [-0.05, 0) is 17.6 Å². The molecule has 0 unspecified atom stereocenters. The Kier molecular flexibility index (Phi) is 3.28. The van der Waals surface area contributed by atoms with Crippen molar-refractivity contribution >= 4 is 22.6 Å². The lowest BCUT2D eigenvalue weighted by atomic mass is 10.6. The van der Waals surface area contributed by atoms with Crippen LogP contribution < -0.4 is 10.6 Å². The van der Waals surface area contributed by atoms with Crippen molar-refractivity contribution in [3.05, 3.63) is 24.9 Å². The van der Waals surface area contributed by atoms with Crippen LogP contribution in [0.5, 0.6) is 0 Å². The Morgan fingerprint density at radius 2 is 2.67 bits per heavy atom. The smallest absolute Gasteiger partial charge is 0.320 e. The van der Waals surface area contributed by atoms with Gasteiger partial charge in [-0.1, -0.05) is 6.08 Å². The molecule has 0 aliphatic carbocycles. The predicted octanol–water partition coefficient (Wildman–Crippen LogP) is 1.45. The fraction of sp³-hybridized carbons (Fsp3) is 0.143.